The number of piperidine rings is 1. The van der Waals surface area contributed by atoms with Crippen molar-refractivity contribution in [1.29, 1.82) is 0 Å². The number of nitrogens with one attached hydrogen (secondary N) is 1. The number of rotatable bonds is 3. The van der Waals surface area contributed by atoms with Gasteiger partial charge in [-0.25, -0.2) is 0 Å². The SMILES string of the molecule is Clc1ccc([C@H]2CCCC[C@H]2N2CCC3(CC2)CNCN3c2ccccc2)cc1Cl. The molecule has 2 atom stereocenters. The van der Waals surface area contributed by atoms with E-state index in [4.69, 9.17) is 23.2 Å². The molecule has 3 aliphatic rings. The monoisotopic (exact) mass is 443 g/mol. The maximum atomic E-state index is 6.36. The summed E-state index contributed by atoms with van der Waals surface area (Å²) >= 11 is 12.5. The molecule has 1 aliphatic carbocycles. The third kappa shape index (κ3) is 3.86. The van der Waals surface area contributed by atoms with Gasteiger partial charge in [0.1, 0.15) is 0 Å². The first-order valence-corrected chi connectivity index (χ1v) is 12.1. The smallest absolute Gasteiger partial charge is 0.0689 e. The zero-order chi connectivity index (χ0) is 20.6. The van der Waals surface area contributed by atoms with Crippen molar-refractivity contribution in [3.63, 3.8) is 0 Å². The first kappa shape index (κ1) is 20.6. The second-order valence-corrected chi connectivity index (χ2v) is 10.1. The van der Waals surface area contributed by atoms with Gasteiger partial charge in [0.15, 0.2) is 0 Å². The molecule has 0 unspecified atom stereocenters. The molecule has 1 saturated carbocycles. The van der Waals surface area contributed by atoms with Gasteiger partial charge in [0, 0.05) is 31.4 Å². The molecule has 2 heterocycles. The minimum atomic E-state index is 0.256. The molecular formula is C25H31Cl2N3. The summed E-state index contributed by atoms with van der Waals surface area (Å²) in [6.07, 6.45) is 7.63. The van der Waals surface area contributed by atoms with E-state index in [0.29, 0.717) is 22.0 Å². The molecule has 0 aromatic heterocycles. The van der Waals surface area contributed by atoms with Crippen LogP contribution in [0.3, 0.4) is 0 Å². The van der Waals surface area contributed by atoms with Gasteiger partial charge in [0.2, 0.25) is 0 Å². The predicted molar refractivity (Wildman–Crippen MR) is 127 cm³/mol. The molecule has 5 rings (SSSR count). The summed E-state index contributed by atoms with van der Waals surface area (Å²) in [6, 6.07) is 17.8. The summed E-state index contributed by atoms with van der Waals surface area (Å²) < 4.78 is 0. The summed E-state index contributed by atoms with van der Waals surface area (Å²) in [5, 5.41) is 4.99. The van der Waals surface area contributed by atoms with Crippen LogP contribution in [-0.4, -0.2) is 42.8 Å². The summed E-state index contributed by atoms with van der Waals surface area (Å²) in [6.45, 7) is 4.40. The molecule has 0 radical (unpaired) electrons. The van der Waals surface area contributed by atoms with E-state index in [1.54, 1.807) is 0 Å². The fourth-order valence-electron chi connectivity index (χ4n) is 6.04. The number of benzene rings is 2. The normalized spacial score (nSPS) is 26.9. The molecule has 2 aromatic rings. The number of para-hydroxylation sites is 1. The van der Waals surface area contributed by atoms with E-state index >= 15 is 0 Å². The second-order valence-electron chi connectivity index (χ2n) is 9.24. The highest BCUT2D eigenvalue weighted by atomic mass is 35.5. The number of anilines is 1. The standard InChI is InChI=1S/C25H31Cl2N3/c26-22-11-10-19(16-23(22)27)21-8-4-5-9-24(21)29-14-12-25(13-15-29)17-28-18-30(25)20-6-2-1-3-7-20/h1-3,6-7,10-11,16,21,24,28H,4-5,8-9,12-15,17-18H2/t21-,24-/m1/s1. The van der Waals surface area contributed by atoms with Crippen LogP contribution >= 0.6 is 23.2 Å². The minimum absolute atomic E-state index is 0.256. The fraction of sp³-hybridized carbons (Fsp3) is 0.520. The maximum Gasteiger partial charge on any atom is 0.0689 e. The fourth-order valence-corrected chi connectivity index (χ4v) is 6.34. The lowest BCUT2D eigenvalue weighted by Crippen LogP contribution is -2.56. The molecule has 30 heavy (non-hydrogen) atoms. The van der Waals surface area contributed by atoms with Gasteiger partial charge < -0.3 is 4.90 Å². The van der Waals surface area contributed by atoms with Crippen LogP contribution in [0.5, 0.6) is 0 Å². The first-order valence-electron chi connectivity index (χ1n) is 11.4. The molecule has 1 spiro atoms. The molecule has 0 bridgehead atoms. The van der Waals surface area contributed by atoms with Crippen molar-refractivity contribution >= 4 is 28.9 Å². The molecule has 2 aromatic carbocycles. The Labute approximate surface area is 190 Å². The Morgan fingerprint density at radius 3 is 2.43 bits per heavy atom. The average Bonchev–Trinajstić information content (AvgIpc) is 3.20. The topological polar surface area (TPSA) is 18.5 Å². The van der Waals surface area contributed by atoms with Crippen LogP contribution in [0.1, 0.15) is 50.0 Å². The Morgan fingerprint density at radius 2 is 1.67 bits per heavy atom. The van der Waals surface area contributed by atoms with Crippen molar-refractivity contribution in [3.8, 4) is 0 Å². The Bertz CT molecular complexity index is 864. The lowest BCUT2D eigenvalue weighted by molar-refractivity contribution is 0.0858. The van der Waals surface area contributed by atoms with Crippen LogP contribution in [0, 0.1) is 0 Å². The third-order valence-corrected chi connectivity index (χ3v) is 8.40. The minimum Gasteiger partial charge on any atom is -0.352 e. The van der Waals surface area contributed by atoms with E-state index in [9.17, 15) is 0 Å². The number of halogens is 2. The quantitative estimate of drug-likeness (QED) is 0.634. The highest BCUT2D eigenvalue weighted by molar-refractivity contribution is 6.42. The number of likely N-dealkylation sites (tertiary alicyclic amines) is 1. The predicted octanol–water partition coefficient (Wildman–Crippen LogP) is 5.92. The second kappa shape index (κ2) is 8.70. The molecule has 160 valence electrons. The van der Waals surface area contributed by atoms with Gasteiger partial charge in [-0.3, -0.25) is 10.2 Å². The average molecular weight is 444 g/mol. The number of hydrogen-bond acceptors (Lipinski definition) is 3. The van der Waals surface area contributed by atoms with E-state index in [0.717, 1.165) is 13.2 Å². The van der Waals surface area contributed by atoms with Crippen molar-refractivity contribution < 1.29 is 0 Å². The third-order valence-electron chi connectivity index (χ3n) is 7.66. The van der Waals surface area contributed by atoms with E-state index in [1.165, 1.54) is 62.9 Å². The largest absolute Gasteiger partial charge is 0.352 e. The number of hydrogen-bond donors (Lipinski definition) is 1. The van der Waals surface area contributed by atoms with E-state index in [2.05, 4.69) is 57.6 Å². The lowest BCUT2D eigenvalue weighted by Gasteiger charge is -2.49. The highest BCUT2D eigenvalue weighted by Gasteiger charge is 2.45. The van der Waals surface area contributed by atoms with Gasteiger partial charge in [0.25, 0.3) is 0 Å². The highest BCUT2D eigenvalue weighted by Crippen LogP contribution is 2.41. The van der Waals surface area contributed by atoms with E-state index in [1.807, 2.05) is 6.07 Å². The van der Waals surface area contributed by atoms with Gasteiger partial charge in [-0.1, -0.05) is 60.3 Å². The van der Waals surface area contributed by atoms with Crippen LogP contribution < -0.4 is 10.2 Å². The van der Waals surface area contributed by atoms with Crippen LogP contribution in [0.15, 0.2) is 48.5 Å². The summed E-state index contributed by atoms with van der Waals surface area (Å²) in [4.78, 5) is 5.39. The van der Waals surface area contributed by atoms with E-state index in [-0.39, 0.29) is 5.54 Å². The lowest BCUT2D eigenvalue weighted by atomic mass is 9.77. The first-order chi connectivity index (χ1) is 14.7. The van der Waals surface area contributed by atoms with E-state index < -0.39 is 0 Å². The van der Waals surface area contributed by atoms with Gasteiger partial charge in [-0.05, 0) is 61.4 Å². The van der Waals surface area contributed by atoms with Gasteiger partial charge in [-0.2, -0.15) is 0 Å². The Morgan fingerprint density at radius 1 is 0.900 bits per heavy atom. The molecule has 1 N–H and O–H groups in total. The van der Waals surface area contributed by atoms with Gasteiger partial charge >= 0.3 is 0 Å². The zero-order valence-electron chi connectivity index (χ0n) is 17.5. The summed E-state index contributed by atoms with van der Waals surface area (Å²) in [7, 11) is 0. The van der Waals surface area contributed by atoms with Gasteiger partial charge in [-0.15, -0.1) is 0 Å². The van der Waals surface area contributed by atoms with Crippen LogP contribution in [0.4, 0.5) is 5.69 Å². The molecular weight excluding hydrogens is 413 g/mol. The van der Waals surface area contributed by atoms with Crippen LogP contribution in [0.25, 0.3) is 0 Å². The molecule has 2 saturated heterocycles. The van der Waals surface area contributed by atoms with Crippen molar-refractivity contribution in [2.75, 3.05) is 31.2 Å². The van der Waals surface area contributed by atoms with Gasteiger partial charge in [0.05, 0.1) is 22.3 Å². The van der Waals surface area contributed by atoms with Crippen LogP contribution in [0.2, 0.25) is 10.0 Å². The molecule has 0 amide bonds. The van der Waals surface area contributed by atoms with Crippen molar-refractivity contribution in [2.24, 2.45) is 0 Å². The van der Waals surface area contributed by atoms with Crippen LogP contribution in [-0.2, 0) is 0 Å². The van der Waals surface area contributed by atoms with Crippen molar-refractivity contribution in [1.82, 2.24) is 10.2 Å². The molecule has 3 nitrogen and oxygen atoms in total. The molecule has 2 aliphatic heterocycles. The molecule has 5 heteroatoms. The van der Waals surface area contributed by atoms with Crippen molar-refractivity contribution in [3.05, 3.63) is 64.1 Å². The number of nitrogens with zero attached hydrogens (tertiary/aromatic N) is 2. The van der Waals surface area contributed by atoms with Crippen molar-refractivity contribution in [2.45, 2.75) is 56.0 Å². The zero-order valence-corrected chi connectivity index (χ0v) is 19.0. The summed E-state index contributed by atoms with van der Waals surface area (Å²) in [5.74, 6) is 0.564. The maximum absolute atomic E-state index is 6.36. The Balaban J connectivity index is 1.32. The molecule has 3 fully saturated rings. The Hall–Kier alpha value is -1.26. The Kier molecular flexibility index (Phi) is 5.99. The summed E-state index contributed by atoms with van der Waals surface area (Å²) in [5.41, 5.74) is 2.97.